The molecule has 2 amide bonds. The maximum absolute atomic E-state index is 14.0. The lowest BCUT2D eigenvalue weighted by Crippen LogP contribution is -2.52. The molecule has 1 unspecified atom stereocenters. The molecule has 0 spiro atoms. The molecule has 41 heavy (non-hydrogen) atoms. The Balaban J connectivity index is 1.72. The van der Waals surface area contributed by atoms with Gasteiger partial charge in [-0.25, -0.2) is 12.8 Å². The van der Waals surface area contributed by atoms with E-state index in [4.69, 9.17) is 16.3 Å². The molecule has 1 aliphatic carbocycles. The van der Waals surface area contributed by atoms with Crippen LogP contribution < -0.4 is 14.4 Å². The molecule has 0 heterocycles. The molecule has 1 fully saturated rings. The van der Waals surface area contributed by atoms with E-state index in [0.29, 0.717) is 5.56 Å². The van der Waals surface area contributed by atoms with Gasteiger partial charge in [-0.15, -0.1) is 0 Å². The summed E-state index contributed by atoms with van der Waals surface area (Å²) in [6, 6.07) is 16.9. The second-order valence-corrected chi connectivity index (χ2v) is 12.3. The highest BCUT2D eigenvalue weighted by molar-refractivity contribution is 7.92. The number of nitrogens with one attached hydrogen (secondary N) is 1. The van der Waals surface area contributed by atoms with E-state index in [0.717, 1.165) is 30.0 Å². The number of nitrogens with zero attached hydrogens (tertiary/aromatic N) is 2. The number of sulfonamides is 1. The molecular formula is C30H33ClFN3O5S. The number of benzene rings is 3. The molecule has 1 atom stereocenters. The molecule has 0 aromatic heterocycles. The first-order valence-corrected chi connectivity index (χ1v) is 15.2. The Morgan fingerprint density at radius 3 is 2.34 bits per heavy atom. The number of halogens is 2. The van der Waals surface area contributed by atoms with Crippen LogP contribution in [0, 0.1) is 5.82 Å². The zero-order valence-corrected chi connectivity index (χ0v) is 24.5. The van der Waals surface area contributed by atoms with E-state index >= 15 is 0 Å². The summed E-state index contributed by atoms with van der Waals surface area (Å²) >= 11 is 6.25. The third-order valence-corrected chi connectivity index (χ3v) is 9.16. The average molecular weight is 602 g/mol. The first kappa shape index (κ1) is 30.3. The van der Waals surface area contributed by atoms with Crippen LogP contribution in [0.5, 0.6) is 5.75 Å². The molecule has 11 heteroatoms. The third-order valence-electron chi connectivity index (χ3n) is 7.15. The van der Waals surface area contributed by atoms with Crippen LogP contribution in [-0.2, 0) is 26.2 Å². The normalized spacial score (nSPS) is 14.3. The number of carbonyl (C=O) groups is 2. The fourth-order valence-electron chi connectivity index (χ4n) is 4.85. The number of anilines is 1. The first-order valence-electron chi connectivity index (χ1n) is 13.4. The zero-order chi connectivity index (χ0) is 29.6. The summed E-state index contributed by atoms with van der Waals surface area (Å²) in [4.78, 5) is 28.6. The molecule has 218 valence electrons. The van der Waals surface area contributed by atoms with Gasteiger partial charge in [-0.05, 0) is 67.8 Å². The third kappa shape index (κ3) is 7.37. The first-order chi connectivity index (χ1) is 19.6. The van der Waals surface area contributed by atoms with Crippen LogP contribution in [0.15, 0.2) is 77.7 Å². The molecule has 1 aliphatic rings. The van der Waals surface area contributed by atoms with Crippen molar-refractivity contribution in [1.82, 2.24) is 10.2 Å². The number of hydrogen-bond acceptors (Lipinski definition) is 5. The van der Waals surface area contributed by atoms with Crippen LogP contribution in [0.3, 0.4) is 0 Å². The summed E-state index contributed by atoms with van der Waals surface area (Å²) in [7, 11) is -2.89. The van der Waals surface area contributed by atoms with Crippen molar-refractivity contribution in [2.24, 2.45) is 0 Å². The van der Waals surface area contributed by atoms with Crippen molar-refractivity contribution in [3.8, 4) is 5.75 Å². The molecule has 3 aromatic rings. The smallest absolute Gasteiger partial charge is 0.264 e. The molecular weight excluding hydrogens is 569 g/mol. The number of carbonyl (C=O) groups excluding carboxylic acids is 2. The minimum absolute atomic E-state index is 0.0263. The van der Waals surface area contributed by atoms with Crippen molar-refractivity contribution < 1.29 is 27.1 Å². The number of methoxy groups -OCH3 is 1. The van der Waals surface area contributed by atoms with Gasteiger partial charge in [-0.2, -0.15) is 0 Å². The quantitative estimate of drug-likeness (QED) is 0.328. The molecule has 1 saturated carbocycles. The van der Waals surface area contributed by atoms with Gasteiger partial charge >= 0.3 is 0 Å². The van der Waals surface area contributed by atoms with Crippen molar-refractivity contribution >= 4 is 39.1 Å². The largest absolute Gasteiger partial charge is 0.495 e. The summed E-state index contributed by atoms with van der Waals surface area (Å²) in [6.45, 7) is 0.919. The van der Waals surface area contributed by atoms with Gasteiger partial charge in [0, 0.05) is 17.6 Å². The van der Waals surface area contributed by atoms with E-state index in [-0.39, 0.29) is 39.8 Å². The van der Waals surface area contributed by atoms with Gasteiger partial charge in [-0.3, -0.25) is 13.9 Å². The summed E-state index contributed by atoms with van der Waals surface area (Å²) in [5.41, 5.74) is 0.653. The lowest BCUT2D eigenvalue weighted by atomic mass is 10.1. The zero-order valence-electron chi connectivity index (χ0n) is 22.9. The lowest BCUT2D eigenvalue weighted by molar-refractivity contribution is -0.139. The molecule has 4 rings (SSSR count). The number of ether oxygens (including phenoxy) is 1. The number of amides is 2. The average Bonchev–Trinajstić information content (AvgIpc) is 3.48. The number of rotatable bonds is 11. The monoisotopic (exact) mass is 601 g/mol. The molecule has 0 saturated heterocycles. The van der Waals surface area contributed by atoms with Crippen LogP contribution in [0.1, 0.15) is 38.2 Å². The predicted octanol–water partition coefficient (Wildman–Crippen LogP) is 5.16. The van der Waals surface area contributed by atoms with E-state index in [1.165, 1.54) is 60.5 Å². The predicted molar refractivity (Wildman–Crippen MR) is 156 cm³/mol. The van der Waals surface area contributed by atoms with E-state index < -0.39 is 34.3 Å². The van der Waals surface area contributed by atoms with Crippen molar-refractivity contribution in [1.29, 1.82) is 0 Å². The molecule has 8 nitrogen and oxygen atoms in total. The Kier molecular flexibility index (Phi) is 9.88. The van der Waals surface area contributed by atoms with E-state index in [1.807, 2.05) is 0 Å². The Hall–Kier alpha value is -3.63. The molecule has 0 aliphatic heterocycles. The van der Waals surface area contributed by atoms with E-state index in [1.54, 1.807) is 31.2 Å². The van der Waals surface area contributed by atoms with Gasteiger partial charge in [0.1, 0.15) is 24.2 Å². The molecule has 0 radical (unpaired) electrons. The van der Waals surface area contributed by atoms with Crippen LogP contribution in [0.4, 0.5) is 10.1 Å². The van der Waals surface area contributed by atoms with E-state index in [9.17, 15) is 22.4 Å². The van der Waals surface area contributed by atoms with Crippen LogP contribution in [0.2, 0.25) is 5.02 Å². The maximum atomic E-state index is 14.0. The summed E-state index contributed by atoms with van der Waals surface area (Å²) < 4.78 is 47.9. The van der Waals surface area contributed by atoms with Crippen LogP contribution in [0.25, 0.3) is 0 Å². The minimum atomic E-state index is -4.28. The highest BCUT2D eigenvalue weighted by Gasteiger charge is 2.34. The summed E-state index contributed by atoms with van der Waals surface area (Å²) in [6.07, 6.45) is 3.76. The lowest BCUT2D eigenvalue weighted by Gasteiger charge is -2.33. The van der Waals surface area contributed by atoms with Crippen LogP contribution >= 0.6 is 11.6 Å². The fourth-order valence-corrected chi connectivity index (χ4v) is 6.46. The van der Waals surface area contributed by atoms with Gasteiger partial charge in [0.05, 0.1) is 17.7 Å². The Bertz CT molecular complexity index is 1470. The van der Waals surface area contributed by atoms with Crippen molar-refractivity contribution in [2.45, 2.75) is 56.1 Å². The van der Waals surface area contributed by atoms with Gasteiger partial charge in [0.2, 0.25) is 11.8 Å². The molecule has 1 N–H and O–H groups in total. The van der Waals surface area contributed by atoms with Gasteiger partial charge in [0.15, 0.2) is 0 Å². The Labute approximate surface area is 245 Å². The van der Waals surface area contributed by atoms with Gasteiger partial charge < -0.3 is 15.0 Å². The highest BCUT2D eigenvalue weighted by Crippen LogP contribution is 2.35. The fraction of sp³-hybridized carbons (Fsp3) is 0.333. The standard InChI is InChI=1S/C30H33ClFN3O5S/c1-21(30(37)33-25-8-6-7-9-25)34(19-22-12-15-24(32)16-13-22)29(36)20-35(27-18-23(31)14-17-28(27)40-2)41(38,39)26-10-4-3-5-11-26/h3-5,10-18,21,25H,6-9,19-20H2,1-2H3,(H,33,37). The van der Waals surface area contributed by atoms with Crippen molar-refractivity contribution in [3.05, 3.63) is 89.2 Å². The maximum Gasteiger partial charge on any atom is 0.264 e. The molecule has 3 aromatic carbocycles. The number of hydrogen-bond donors (Lipinski definition) is 1. The van der Waals surface area contributed by atoms with Crippen LogP contribution in [-0.4, -0.2) is 50.9 Å². The van der Waals surface area contributed by atoms with Gasteiger partial charge in [0.25, 0.3) is 10.0 Å². The second kappa shape index (κ2) is 13.4. The highest BCUT2D eigenvalue weighted by atomic mass is 35.5. The van der Waals surface area contributed by atoms with Crippen molar-refractivity contribution in [3.63, 3.8) is 0 Å². The topological polar surface area (TPSA) is 96.0 Å². The Morgan fingerprint density at radius 2 is 1.71 bits per heavy atom. The SMILES string of the molecule is COc1ccc(Cl)cc1N(CC(=O)N(Cc1ccc(F)cc1)C(C)C(=O)NC1CCCC1)S(=O)(=O)c1ccccc1. The molecule has 0 bridgehead atoms. The Morgan fingerprint density at radius 1 is 1.05 bits per heavy atom. The summed E-state index contributed by atoms with van der Waals surface area (Å²) in [5, 5.41) is 3.26. The van der Waals surface area contributed by atoms with E-state index in [2.05, 4.69) is 5.32 Å². The second-order valence-electron chi connectivity index (χ2n) is 9.95. The van der Waals surface area contributed by atoms with Gasteiger partial charge in [-0.1, -0.05) is 54.8 Å². The summed E-state index contributed by atoms with van der Waals surface area (Å²) in [5.74, 6) is -1.22. The minimum Gasteiger partial charge on any atom is -0.495 e. The van der Waals surface area contributed by atoms with Crippen molar-refractivity contribution in [2.75, 3.05) is 18.0 Å².